The van der Waals surface area contributed by atoms with Crippen LogP contribution in [0.25, 0.3) is 10.9 Å². The molecule has 0 amide bonds. The maximum absolute atomic E-state index is 12.8. The summed E-state index contributed by atoms with van der Waals surface area (Å²) >= 11 is 5.18. The van der Waals surface area contributed by atoms with Crippen LogP contribution in [0.1, 0.15) is 22.2 Å². The second kappa shape index (κ2) is 6.36. The van der Waals surface area contributed by atoms with E-state index in [1.54, 1.807) is 11.3 Å². The molecule has 0 aliphatic carbocycles. The number of benzene rings is 1. The number of fused-ring (bicyclic) bond motifs is 1. The Morgan fingerprint density at radius 2 is 2.09 bits per heavy atom. The molecule has 2 aromatic heterocycles. The fourth-order valence-electron chi connectivity index (χ4n) is 2.52. The quantitative estimate of drug-likeness (QED) is 0.655. The summed E-state index contributed by atoms with van der Waals surface area (Å²) in [6.07, 6.45) is 1.82. The highest BCUT2D eigenvalue weighted by atomic mass is 79.9. The van der Waals surface area contributed by atoms with E-state index in [9.17, 15) is 4.79 Å². The average molecular weight is 377 g/mol. The number of halogens is 1. The summed E-state index contributed by atoms with van der Waals surface area (Å²) in [4.78, 5) is 19.3. The number of H-pyrrole nitrogens is 1. The Labute approximate surface area is 142 Å². The number of Topliss-reactive ketones (excluding diaryl/α,β-unsaturated/α-hetero) is 1. The zero-order valence-corrected chi connectivity index (χ0v) is 14.9. The lowest BCUT2D eigenvalue weighted by Crippen LogP contribution is -2.35. The minimum absolute atomic E-state index is 0.149. The lowest BCUT2D eigenvalue weighted by atomic mass is 10.0. The standard InChI is InChI=1S/C17H17BrN2OS/c1-11(20(2)10-12-7-8-16(18)22-12)17(21)14-9-19-15-6-4-3-5-13(14)15/h3-9,11,19H,10H2,1-2H3/t11-/m1/s1. The Hall–Kier alpha value is -1.43. The molecule has 0 bridgehead atoms. The van der Waals surface area contributed by atoms with Crippen LogP contribution in [0, 0.1) is 0 Å². The molecule has 114 valence electrons. The van der Waals surface area contributed by atoms with E-state index in [1.165, 1.54) is 4.88 Å². The summed E-state index contributed by atoms with van der Waals surface area (Å²) in [6.45, 7) is 2.73. The van der Waals surface area contributed by atoms with Gasteiger partial charge in [0.1, 0.15) is 0 Å². The van der Waals surface area contributed by atoms with Crippen LogP contribution in [0.2, 0.25) is 0 Å². The molecule has 0 aliphatic rings. The molecule has 5 heteroatoms. The number of hydrogen-bond donors (Lipinski definition) is 1. The molecule has 22 heavy (non-hydrogen) atoms. The molecular formula is C17H17BrN2OS. The molecule has 1 N–H and O–H groups in total. The normalized spacial score (nSPS) is 12.9. The number of nitrogens with zero attached hydrogens (tertiary/aromatic N) is 1. The van der Waals surface area contributed by atoms with Gasteiger partial charge in [0, 0.05) is 34.1 Å². The zero-order valence-electron chi connectivity index (χ0n) is 12.5. The first kappa shape index (κ1) is 15.5. The Kier molecular flexibility index (Phi) is 4.47. The van der Waals surface area contributed by atoms with E-state index in [2.05, 4.69) is 31.9 Å². The largest absolute Gasteiger partial charge is 0.360 e. The molecule has 0 aliphatic heterocycles. The summed E-state index contributed by atoms with van der Waals surface area (Å²) in [5.74, 6) is 0.149. The smallest absolute Gasteiger partial charge is 0.181 e. The van der Waals surface area contributed by atoms with Crippen LogP contribution in [0.5, 0.6) is 0 Å². The van der Waals surface area contributed by atoms with E-state index in [0.717, 1.165) is 26.8 Å². The highest BCUT2D eigenvalue weighted by molar-refractivity contribution is 9.11. The third-order valence-corrected chi connectivity index (χ3v) is 5.54. The minimum Gasteiger partial charge on any atom is -0.360 e. The van der Waals surface area contributed by atoms with Crippen molar-refractivity contribution < 1.29 is 4.79 Å². The molecule has 3 aromatic rings. The first-order valence-electron chi connectivity index (χ1n) is 7.11. The second-order valence-electron chi connectivity index (χ2n) is 5.41. The van der Waals surface area contributed by atoms with Crippen molar-refractivity contribution in [2.24, 2.45) is 0 Å². The van der Waals surface area contributed by atoms with Crippen LogP contribution < -0.4 is 0 Å². The summed E-state index contributed by atoms with van der Waals surface area (Å²) in [7, 11) is 1.99. The number of nitrogens with one attached hydrogen (secondary N) is 1. The first-order valence-corrected chi connectivity index (χ1v) is 8.72. The molecule has 2 heterocycles. The van der Waals surface area contributed by atoms with E-state index in [0.29, 0.717) is 0 Å². The van der Waals surface area contributed by atoms with Gasteiger partial charge in [0.2, 0.25) is 0 Å². The first-order chi connectivity index (χ1) is 10.6. The van der Waals surface area contributed by atoms with Gasteiger partial charge >= 0.3 is 0 Å². The van der Waals surface area contributed by atoms with Crippen molar-refractivity contribution in [1.29, 1.82) is 0 Å². The third-order valence-electron chi connectivity index (χ3n) is 3.93. The number of thiophene rings is 1. The van der Waals surface area contributed by atoms with Crippen molar-refractivity contribution in [3.05, 3.63) is 56.8 Å². The maximum atomic E-state index is 12.8. The van der Waals surface area contributed by atoms with Gasteiger partial charge in [-0.2, -0.15) is 0 Å². The Balaban J connectivity index is 1.79. The fourth-order valence-corrected chi connectivity index (χ4v) is 4.07. The van der Waals surface area contributed by atoms with Gasteiger partial charge in [-0.15, -0.1) is 11.3 Å². The summed E-state index contributed by atoms with van der Waals surface area (Å²) in [6, 6.07) is 11.9. The lowest BCUT2D eigenvalue weighted by molar-refractivity contribution is 0.0865. The van der Waals surface area contributed by atoms with Gasteiger partial charge in [0.25, 0.3) is 0 Å². The fraction of sp³-hybridized carbons (Fsp3) is 0.235. The summed E-state index contributed by atoms with van der Waals surface area (Å²) in [5, 5.41) is 0.992. The van der Waals surface area contributed by atoms with Crippen molar-refractivity contribution in [2.45, 2.75) is 19.5 Å². The molecular weight excluding hydrogens is 360 g/mol. The number of likely N-dealkylation sites (N-methyl/N-ethyl adjacent to an activating group) is 1. The number of rotatable bonds is 5. The van der Waals surface area contributed by atoms with E-state index in [-0.39, 0.29) is 11.8 Å². The van der Waals surface area contributed by atoms with Crippen molar-refractivity contribution in [3.63, 3.8) is 0 Å². The van der Waals surface area contributed by atoms with Crippen LogP contribution in [0.15, 0.2) is 46.4 Å². The Morgan fingerprint density at radius 1 is 1.32 bits per heavy atom. The molecule has 0 radical (unpaired) electrons. The molecule has 0 spiro atoms. The number of para-hydroxylation sites is 1. The van der Waals surface area contributed by atoms with Crippen LogP contribution >= 0.6 is 27.3 Å². The third kappa shape index (κ3) is 3.02. The van der Waals surface area contributed by atoms with E-state index in [4.69, 9.17) is 0 Å². The second-order valence-corrected chi connectivity index (χ2v) is 7.96. The van der Waals surface area contributed by atoms with Crippen LogP contribution in [0.3, 0.4) is 0 Å². The van der Waals surface area contributed by atoms with E-state index < -0.39 is 0 Å². The molecule has 3 rings (SSSR count). The topological polar surface area (TPSA) is 36.1 Å². The SMILES string of the molecule is C[C@H](C(=O)c1c[nH]c2ccccc12)N(C)Cc1ccc(Br)s1. The lowest BCUT2D eigenvalue weighted by Gasteiger charge is -2.22. The predicted molar refractivity (Wildman–Crippen MR) is 95.6 cm³/mol. The van der Waals surface area contributed by atoms with Crippen molar-refractivity contribution in [1.82, 2.24) is 9.88 Å². The monoisotopic (exact) mass is 376 g/mol. The number of carbonyl (C=O) groups is 1. The van der Waals surface area contributed by atoms with E-state index >= 15 is 0 Å². The molecule has 1 aromatic carbocycles. The minimum atomic E-state index is -0.167. The molecule has 0 fully saturated rings. The molecule has 3 nitrogen and oxygen atoms in total. The van der Waals surface area contributed by atoms with Gasteiger partial charge in [-0.1, -0.05) is 18.2 Å². The van der Waals surface area contributed by atoms with Crippen molar-refractivity contribution in [2.75, 3.05) is 7.05 Å². The molecule has 0 unspecified atom stereocenters. The average Bonchev–Trinajstić information content (AvgIpc) is 3.12. The number of aromatic amines is 1. The van der Waals surface area contributed by atoms with Crippen LogP contribution in [0.4, 0.5) is 0 Å². The Morgan fingerprint density at radius 3 is 2.82 bits per heavy atom. The number of aromatic nitrogens is 1. The van der Waals surface area contributed by atoms with Gasteiger partial charge in [0.15, 0.2) is 5.78 Å². The summed E-state index contributed by atoms with van der Waals surface area (Å²) < 4.78 is 1.12. The van der Waals surface area contributed by atoms with Crippen molar-refractivity contribution in [3.8, 4) is 0 Å². The highest BCUT2D eigenvalue weighted by Crippen LogP contribution is 2.25. The molecule has 0 saturated heterocycles. The Bertz CT molecular complexity index is 808. The molecule has 0 saturated carbocycles. The van der Waals surface area contributed by atoms with E-state index in [1.807, 2.05) is 50.5 Å². The number of hydrogen-bond acceptors (Lipinski definition) is 3. The molecule has 1 atom stereocenters. The van der Waals surface area contributed by atoms with Gasteiger partial charge in [-0.05, 0) is 48.1 Å². The predicted octanol–water partition coefficient (Wildman–Crippen LogP) is 4.70. The van der Waals surface area contributed by atoms with Crippen molar-refractivity contribution >= 4 is 44.0 Å². The maximum Gasteiger partial charge on any atom is 0.181 e. The van der Waals surface area contributed by atoms with Gasteiger partial charge < -0.3 is 4.98 Å². The van der Waals surface area contributed by atoms with Crippen LogP contribution in [-0.2, 0) is 6.54 Å². The number of carbonyl (C=O) groups excluding carboxylic acids is 1. The van der Waals surface area contributed by atoms with Gasteiger partial charge in [-0.25, -0.2) is 0 Å². The van der Waals surface area contributed by atoms with Gasteiger partial charge in [-0.3, -0.25) is 9.69 Å². The summed E-state index contributed by atoms with van der Waals surface area (Å²) in [5.41, 5.74) is 1.77. The van der Waals surface area contributed by atoms with Crippen LogP contribution in [-0.4, -0.2) is 28.8 Å². The zero-order chi connectivity index (χ0) is 15.7. The van der Waals surface area contributed by atoms with Gasteiger partial charge in [0.05, 0.1) is 9.83 Å². The number of ketones is 1. The highest BCUT2D eigenvalue weighted by Gasteiger charge is 2.22.